The molecular formula is C17H28N2O. The van der Waals surface area contributed by atoms with Crippen molar-refractivity contribution in [3.05, 3.63) is 24.3 Å². The number of unbranched alkanes of at least 4 members (excludes halogenated alkanes) is 3. The molecule has 112 valence electrons. The van der Waals surface area contributed by atoms with Crippen molar-refractivity contribution in [2.75, 3.05) is 37.7 Å². The van der Waals surface area contributed by atoms with Crippen molar-refractivity contribution in [3.8, 4) is 5.75 Å². The number of hydrogen-bond acceptors (Lipinski definition) is 3. The van der Waals surface area contributed by atoms with E-state index in [0.29, 0.717) is 0 Å². The third-order valence-electron chi connectivity index (χ3n) is 3.81. The Morgan fingerprint density at radius 1 is 1.05 bits per heavy atom. The van der Waals surface area contributed by atoms with E-state index in [1.165, 1.54) is 31.4 Å². The molecule has 3 heteroatoms. The van der Waals surface area contributed by atoms with Crippen LogP contribution >= 0.6 is 0 Å². The van der Waals surface area contributed by atoms with E-state index in [1.807, 2.05) is 0 Å². The van der Waals surface area contributed by atoms with Crippen molar-refractivity contribution < 1.29 is 4.74 Å². The van der Waals surface area contributed by atoms with Gasteiger partial charge >= 0.3 is 0 Å². The maximum atomic E-state index is 5.79. The first-order valence-corrected chi connectivity index (χ1v) is 8.08. The molecule has 0 spiro atoms. The largest absolute Gasteiger partial charge is 0.494 e. The van der Waals surface area contributed by atoms with Gasteiger partial charge in [-0.2, -0.15) is 0 Å². The number of nitrogens with zero attached hydrogens (tertiary/aromatic N) is 1. The molecule has 0 aliphatic carbocycles. The predicted octanol–water partition coefficient (Wildman–Crippen LogP) is 3.45. The first-order valence-electron chi connectivity index (χ1n) is 8.08. The zero-order valence-corrected chi connectivity index (χ0v) is 12.7. The third-order valence-corrected chi connectivity index (χ3v) is 3.81. The van der Waals surface area contributed by atoms with Crippen molar-refractivity contribution in [2.24, 2.45) is 0 Å². The van der Waals surface area contributed by atoms with Crippen LogP contribution in [0.4, 0.5) is 5.69 Å². The fourth-order valence-corrected chi connectivity index (χ4v) is 2.58. The maximum absolute atomic E-state index is 5.79. The second kappa shape index (κ2) is 8.85. The summed E-state index contributed by atoms with van der Waals surface area (Å²) in [6.07, 6.45) is 6.24. The highest BCUT2D eigenvalue weighted by atomic mass is 16.5. The Kier molecular flexibility index (Phi) is 6.72. The van der Waals surface area contributed by atoms with E-state index in [9.17, 15) is 0 Å². The third kappa shape index (κ3) is 5.04. The molecule has 0 amide bonds. The molecule has 20 heavy (non-hydrogen) atoms. The van der Waals surface area contributed by atoms with Crippen LogP contribution in [0.25, 0.3) is 0 Å². The topological polar surface area (TPSA) is 24.5 Å². The minimum Gasteiger partial charge on any atom is -0.494 e. The van der Waals surface area contributed by atoms with Gasteiger partial charge in [0.1, 0.15) is 5.75 Å². The summed E-state index contributed by atoms with van der Waals surface area (Å²) in [7, 11) is 0. The summed E-state index contributed by atoms with van der Waals surface area (Å²) in [6.45, 7) is 7.53. The van der Waals surface area contributed by atoms with Crippen LogP contribution in [0.2, 0.25) is 0 Å². The molecule has 1 aliphatic rings. The van der Waals surface area contributed by atoms with E-state index in [1.54, 1.807) is 0 Å². The molecule has 1 aliphatic heterocycles. The molecule has 0 aromatic heterocycles. The molecule has 0 saturated carbocycles. The Labute approximate surface area is 123 Å². The number of rotatable bonds is 7. The second-order valence-corrected chi connectivity index (χ2v) is 5.49. The molecule has 0 bridgehead atoms. The highest BCUT2D eigenvalue weighted by Crippen LogP contribution is 2.20. The van der Waals surface area contributed by atoms with Crippen molar-refractivity contribution >= 4 is 5.69 Å². The minimum absolute atomic E-state index is 0.840. The zero-order valence-electron chi connectivity index (χ0n) is 12.7. The summed E-state index contributed by atoms with van der Waals surface area (Å²) in [6, 6.07) is 8.58. The average molecular weight is 276 g/mol. The van der Waals surface area contributed by atoms with Gasteiger partial charge in [0.2, 0.25) is 0 Å². The van der Waals surface area contributed by atoms with Crippen molar-refractivity contribution in [3.63, 3.8) is 0 Å². The Hall–Kier alpha value is -1.22. The van der Waals surface area contributed by atoms with Crippen LogP contribution < -0.4 is 15.0 Å². The number of nitrogens with one attached hydrogen (secondary N) is 1. The minimum atomic E-state index is 0.840. The van der Waals surface area contributed by atoms with Crippen molar-refractivity contribution in [1.82, 2.24) is 5.32 Å². The lowest BCUT2D eigenvalue weighted by Gasteiger charge is -2.22. The maximum Gasteiger partial charge on any atom is 0.119 e. The van der Waals surface area contributed by atoms with Crippen LogP contribution in [0.1, 0.15) is 39.0 Å². The average Bonchev–Trinajstić information content (AvgIpc) is 2.77. The van der Waals surface area contributed by atoms with E-state index in [4.69, 9.17) is 4.74 Å². The van der Waals surface area contributed by atoms with E-state index in [0.717, 1.165) is 45.0 Å². The highest BCUT2D eigenvalue weighted by Gasteiger charge is 2.09. The number of ether oxygens (including phenoxy) is 1. The molecule has 1 aromatic rings. The lowest BCUT2D eigenvalue weighted by molar-refractivity contribution is 0.305. The summed E-state index contributed by atoms with van der Waals surface area (Å²) in [5, 5.41) is 3.44. The Morgan fingerprint density at radius 2 is 1.90 bits per heavy atom. The monoisotopic (exact) mass is 276 g/mol. The molecule has 2 rings (SSSR count). The standard InChI is InChI=1S/C17H28N2O/c1-2-3-4-5-15-20-17-9-7-16(8-10-17)19-13-6-11-18-12-14-19/h7-10,18H,2-6,11-15H2,1H3. The number of hydrogen-bond donors (Lipinski definition) is 1. The van der Waals surface area contributed by atoms with E-state index in [2.05, 4.69) is 41.4 Å². The highest BCUT2D eigenvalue weighted by molar-refractivity contribution is 5.49. The summed E-state index contributed by atoms with van der Waals surface area (Å²) in [5.74, 6) is 0.998. The predicted molar refractivity (Wildman–Crippen MR) is 85.8 cm³/mol. The molecule has 0 radical (unpaired) electrons. The molecule has 1 N–H and O–H groups in total. The van der Waals surface area contributed by atoms with Crippen LogP contribution in [0, 0.1) is 0 Å². The van der Waals surface area contributed by atoms with Crippen molar-refractivity contribution in [2.45, 2.75) is 39.0 Å². The number of benzene rings is 1. The molecule has 0 unspecified atom stereocenters. The van der Waals surface area contributed by atoms with Crippen LogP contribution in [0.5, 0.6) is 5.75 Å². The smallest absolute Gasteiger partial charge is 0.119 e. The summed E-state index contributed by atoms with van der Waals surface area (Å²) in [5.41, 5.74) is 1.31. The summed E-state index contributed by atoms with van der Waals surface area (Å²) in [4.78, 5) is 2.45. The molecular weight excluding hydrogens is 248 g/mol. The molecule has 1 heterocycles. The Balaban J connectivity index is 1.77. The van der Waals surface area contributed by atoms with Gasteiger partial charge in [-0.25, -0.2) is 0 Å². The summed E-state index contributed by atoms with van der Waals surface area (Å²) < 4.78 is 5.79. The normalized spacial score (nSPS) is 15.9. The molecule has 1 aromatic carbocycles. The zero-order chi connectivity index (χ0) is 14.0. The van der Waals surface area contributed by atoms with Gasteiger partial charge in [0.15, 0.2) is 0 Å². The second-order valence-electron chi connectivity index (χ2n) is 5.49. The Bertz CT molecular complexity index is 356. The number of anilines is 1. The van der Waals surface area contributed by atoms with Crippen LogP contribution in [-0.4, -0.2) is 32.8 Å². The first-order chi connectivity index (χ1) is 9.90. The quantitative estimate of drug-likeness (QED) is 0.772. The van der Waals surface area contributed by atoms with Gasteiger partial charge in [-0.1, -0.05) is 26.2 Å². The lowest BCUT2D eigenvalue weighted by Crippen LogP contribution is -2.27. The fraction of sp³-hybridized carbons (Fsp3) is 0.647. The fourth-order valence-electron chi connectivity index (χ4n) is 2.58. The van der Waals surface area contributed by atoms with Gasteiger partial charge in [-0.3, -0.25) is 0 Å². The van der Waals surface area contributed by atoms with Crippen LogP contribution in [-0.2, 0) is 0 Å². The first kappa shape index (κ1) is 15.2. The molecule has 1 fully saturated rings. The van der Waals surface area contributed by atoms with Gasteiger partial charge in [0.05, 0.1) is 6.61 Å². The van der Waals surface area contributed by atoms with E-state index in [-0.39, 0.29) is 0 Å². The van der Waals surface area contributed by atoms with E-state index >= 15 is 0 Å². The van der Waals surface area contributed by atoms with Gasteiger partial charge < -0.3 is 15.0 Å². The van der Waals surface area contributed by atoms with Crippen LogP contribution in [0.15, 0.2) is 24.3 Å². The van der Waals surface area contributed by atoms with Gasteiger partial charge in [-0.15, -0.1) is 0 Å². The van der Waals surface area contributed by atoms with Gasteiger partial charge in [-0.05, 0) is 43.7 Å². The van der Waals surface area contributed by atoms with Crippen molar-refractivity contribution in [1.29, 1.82) is 0 Å². The van der Waals surface area contributed by atoms with Gasteiger partial charge in [0.25, 0.3) is 0 Å². The van der Waals surface area contributed by atoms with E-state index < -0.39 is 0 Å². The van der Waals surface area contributed by atoms with Gasteiger partial charge in [0, 0.05) is 25.3 Å². The SMILES string of the molecule is CCCCCCOc1ccc(N2CCCNCC2)cc1. The summed E-state index contributed by atoms with van der Waals surface area (Å²) >= 11 is 0. The Morgan fingerprint density at radius 3 is 2.70 bits per heavy atom. The lowest BCUT2D eigenvalue weighted by atomic mass is 10.2. The van der Waals surface area contributed by atoms with Crippen LogP contribution in [0.3, 0.4) is 0 Å². The molecule has 0 atom stereocenters. The molecule has 1 saturated heterocycles. The molecule has 3 nitrogen and oxygen atoms in total.